The highest BCUT2D eigenvalue weighted by atomic mass is 16.8. The Morgan fingerprint density at radius 2 is 0.620 bits per heavy atom. The van der Waals surface area contributed by atoms with Crippen LogP contribution in [0.1, 0.15) is 83.5 Å². The number of rotatable bonds is 45. The van der Waals surface area contributed by atoms with Crippen molar-refractivity contribution < 1.29 is 92.9 Å². The van der Waals surface area contributed by atoms with Gasteiger partial charge in [0.2, 0.25) is 35.4 Å². The van der Waals surface area contributed by atoms with E-state index < -0.39 is 214 Å². The van der Waals surface area contributed by atoms with Gasteiger partial charge in [0, 0.05) is 52.4 Å². The molecule has 618 valence electrons. The molecule has 6 amide bonds. The molecule has 49 nitrogen and oxygen atoms in total. The van der Waals surface area contributed by atoms with E-state index in [9.17, 15) is 64.5 Å². The van der Waals surface area contributed by atoms with E-state index in [0.29, 0.717) is 0 Å². The fourth-order valence-corrected chi connectivity index (χ4v) is 11.8. The number of nitrogens with zero attached hydrogens (tertiary/aromatic N) is 6. The Morgan fingerprint density at radius 1 is 0.343 bits per heavy atom. The lowest BCUT2D eigenvalue weighted by atomic mass is 9.82. The van der Waals surface area contributed by atoms with Gasteiger partial charge in [-0.3, -0.25) is 58.7 Å². The average molecular weight is 1550 g/mol. The van der Waals surface area contributed by atoms with Crippen LogP contribution in [0.15, 0.2) is 30.0 Å². The molecule has 0 aromatic heterocycles. The van der Waals surface area contributed by atoms with Crippen LogP contribution in [0, 0.1) is 0 Å². The van der Waals surface area contributed by atoms with Gasteiger partial charge >= 0.3 is 0 Å². The SMILES string of the molecule is NC(N)=NCCC[C@H](N)C(=O)NC[C@@H]1O[C@H](O[C@H]2[C@@H](O)[C@H](O[C@@H]3[C@@H](O)[C@H](NC(=O)[C@@H](N)CCCN=C(N)N)C[C@H](NC(=O)[C@@H](N)CCCN=C(N)N)[C@H]3O[C@H]3O[C@H](CNC(=O)[C@@H](N)CCCN=C(N)N)[C@@H](O)[C@H](O)[C@H]3NC(=O)[C@@H](N)CCCN=C(N)N)O[C@@H]2CO)[C@H](NC(=O)[C@@H](N)CCCN=C(N)N)[C@@H](O)[C@@H]1O. The fraction of sp³-hybridized carbons (Fsp3) is 0.797. The summed E-state index contributed by atoms with van der Waals surface area (Å²) in [5.41, 5.74) is 103. The summed E-state index contributed by atoms with van der Waals surface area (Å²) in [4.78, 5) is 107. The van der Waals surface area contributed by atoms with Gasteiger partial charge in [-0.1, -0.05) is 0 Å². The molecular formula is C59H118N30O19. The molecule has 4 rings (SSSR count). The first-order chi connectivity index (χ1) is 50.9. The molecule has 0 bridgehead atoms. The summed E-state index contributed by atoms with van der Waals surface area (Å²) in [6.07, 6.45) is -28.9. The van der Waals surface area contributed by atoms with Crippen LogP contribution in [0.3, 0.4) is 0 Å². The summed E-state index contributed by atoms with van der Waals surface area (Å²) in [6, 6.07) is -14.6. The zero-order valence-electron chi connectivity index (χ0n) is 60.1. The lowest BCUT2D eigenvalue weighted by molar-refractivity contribution is -0.311. The van der Waals surface area contributed by atoms with Crippen molar-refractivity contribution in [3.05, 3.63) is 0 Å². The van der Waals surface area contributed by atoms with Gasteiger partial charge in [-0.25, -0.2) is 0 Å². The molecule has 0 radical (unpaired) electrons. The Hall–Kier alpha value is -8.32. The normalized spacial score (nSPS) is 29.1. The second kappa shape index (κ2) is 46.3. The van der Waals surface area contributed by atoms with Crippen LogP contribution < -0.4 is 135 Å². The highest BCUT2D eigenvalue weighted by Crippen LogP contribution is 2.36. The van der Waals surface area contributed by atoms with E-state index in [2.05, 4.69) is 61.9 Å². The Morgan fingerprint density at radius 3 is 0.935 bits per heavy atom. The minimum Gasteiger partial charge on any atom is -0.394 e. The van der Waals surface area contributed by atoms with Crippen LogP contribution in [0.25, 0.3) is 0 Å². The maximum Gasteiger partial charge on any atom is 0.237 e. The van der Waals surface area contributed by atoms with Gasteiger partial charge in [-0.15, -0.1) is 0 Å². The van der Waals surface area contributed by atoms with Crippen molar-refractivity contribution in [1.82, 2.24) is 31.9 Å². The summed E-state index contributed by atoms with van der Waals surface area (Å²) >= 11 is 0. The molecule has 0 aromatic carbocycles. The first-order valence-electron chi connectivity index (χ1n) is 35.2. The summed E-state index contributed by atoms with van der Waals surface area (Å²) in [6.45, 7) is -1.81. The molecule has 108 heavy (non-hydrogen) atoms. The van der Waals surface area contributed by atoms with E-state index in [1.54, 1.807) is 0 Å². The minimum atomic E-state index is -2.19. The van der Waals surface area contributed by atoms with Gasteiger partial charge in [-0.2, -0.15) is 0 Å². The Labute approximate surface area is 622 Å². The van der Waals surface area contributed by atoms with Gasteiger partial charge in [-0.05, 0) is 83.5 Å². The predicted molar refractivity (Wildman–Crippen MR) is 389 cm³/mol. The van der Waals surface area contributed by atoms with Crippen molar-refractivity contribution >= 4 is 71.2 Å². The summed E-state index contributed by atoms with van der Waals surface area (Å²) < 4.78 is 38.4. The summed E-state index contributed by atoms with van der Waals surface area (Å²) in [7, 11) is 0. The number of carbonyl (C=O) groups excluding carboxylic acids is 6. The number of aliphatic hydroxyl groups excluding tert-OH is 7. The Bertz CT molecular complexity index is 3000. The quantitative estimate of drug-likeness (QED) is 0.0153. The number of nitrogens with one attached hydrogen (secondary N) is 6. The molecule has 3 heterocycles. The standard InChI is InChI=1S/C59H118N30O19/c60-23(7-1-13-78-54(66)67)45(97)84-20-31-37(92)39(94)34(88-49(101)27(64)11-5-17-82-58(74)75)51(103-31)106-42-30(87-48(100)26(63)10-4-16-81-57(72)73)19-29(86-47(99)25(62)9-3-15-80-56(70)71)36(91)44(42)108-53-41(96)43(33(22-90)105-53)107-52-35(89-50(102)28(65)12-6-18-83-59(76)77)40(95)38(93)32(104-52)21-85-46(98)24(61)8-2-14-79-55(68)69/h23-44,51-53,90-96H,1-22,60-65H2,(H,84,97)(H,85,98)(H,86,99)(H,87,100)(H,88,101)(H,89,102)(H4,66,67,78)(H4,68,69,79)(H4,70,71,80)(H4,72,73,81)(H4,74,75,82)(H4,76,77,83)/t23-,24-,25-,26-,27-,28-,29+,30-,31+,32-,33+,34+,35+,36-,37+,38+,39+,40+,41+,42+,43+,44+,51+,52+,53-/m0/s1. The van der Waals surface area contributed by atoms with Gasteiger partial charge in [0.1, 0.15) is 85.3 Å². The number of aliphatic imine (C=N–C) groups is 6. The van der Waals surface area contributed by atoms with E-state index in [1.165, 1.54) is 0 Å². The third-order valence-corrected chi connectivity index (χ3v) is 17.8. The summed E-state index contributed by atoms with van der Waals surface area (Å²) in [5.74, 6) is -6.57. The zero-order valence-corrected chi connectivity index (χ0v) is 60.1. The average Bonchev–Trinajstić information content (AvgIpc) is 1.43. The molecule has 0 spiro atoms. The number of ether oxygens (including phenoxy) is 6. The van der Waals surface area contributed by atoms with E-state index in [0.717, 1.165) is 0 Å². The van der Waals surface area contributed by atoms with Crippen LogP contribution in [0.4, 0.5) is 0 Å². The fourth-order valence-electron chi connectivity index (χ4n) is 11.8. The smallest absolute Gasteiger partial charge is 0.237 e. The Balaban J connectivity index is 1.91. The first kappa shape index (κ1) is 92.1. The number of carbonyl (C=O) groups is 6. The molecule has 1 aliphatic carbocycles. The van der Waals surface area contributed by atoms with Crippen LogP contribution in [0.5, 0.6) is 0 Å². The van der Waals surface area contributed by atoms with Gasteiger partial charge < -0.3 is 199 Å². The molecule has 49 heteroatoms. The number of hydrogen-bond donors (Lipinski definition) is 31. The second-order valence-corrected chi connectivity index (χ2v) is 26.4. The molecule has 49 N–H and O–H groups in total. The molecule has 0 unspecified atom stereocenters. The monoisotopic (exact) mass is 1550 g/mol. The molecule has 3 saturated heterocycles. The van der Waals surface area contributed by atoms with Gasteiger partial charge in [0.15, 0.2) is 54.6 Å². The predicted octanol–water partition coefficient (Wildman–Crippen LogP) is -17.7. The highest BCUT2D eigenvalue weighted by molar-refractivity contribution is 5.85. The first-order valence-corrected chi connectivity index (χ1v) is 35.2. The van der Waals surface area contributed by atoms with Gasteiger partial charge in [0.25, 0.3) is 0 Å². The van der Waals surface area contributed by atoms with E-state index in [4.69, 9.17) is 132 Å². The largest absolute Gasteiger partial charge is 0.394 e. The number of hydrogen-bond acceptors (Lipinski definition) is 31. The van der Waals surface area contributed by atoms with Crippen molar-refractivity contribution in [3.63, 3.8) is 0 Å². The van der Waals surface area contributed by atoms with Crippen LogP contribution in [-0.4, -0.2) is 318 Å². The minimum absolute atomic E-state index is 0.0252. The molecule has 1 saturated carbocycles. The van der Waals surface area contributed by atoms with Crippen LogP contribution in [0.2, 0.25) is 0 Å². The van der Waals surface area contributed by atoms with Crippen molar-refractivity contribution in [2.75, 3.05) is 59.0 Å². The maximum atomic E-state index is 14.5. The van der Waals surface area contributed by atoms with Crippen molar-refractivity contribution in [2.45, 2.75) is 236 Å². The molecule has 4 fully saturated rings. The second-order valence-electron chi connectivity index (χ2n) is 26.4. The third-order valence-electron chi connectivity index (χ3n) is 17.8. The van der Waals surface area contributed by atoms with Crippen molar-refractivity contribution in [1.29, 1.82) is 0 Å². The third kappa shape index (κ3) is 30.3. The molecular weight excluding hydrogens is 1430 g/mol. The lowest BCUT2D eigenvalue weighted by Crippen LogP contribution is -2.71. The van der Waals surface area contributed by atoms with Crippen LogP contribution in [-0.2, 0) is 57.2 Å². The van der Waals surface area contributed by atoms with E-state index in [1.807, 2.05) is 0 Å². The van der Waals surface area contributed by atoms with Crippen molar-refractivity contribution in [2.24, 2.45) is 133 Å². The lowest BCUT2D eigenvalue weighted by Gasteiger charge is -2.49. The van der Waals surface area contributed by atoms with Gasteiger partial charge in [0.05, 0.1) is 54.9 Å². The molecule has 25 atom stereocenters. The molecule has 4 aliphatic rings. The molecule has 3 aliphatic heterocycles. The van der Waals surface area contributed by atoms with Crippen molar-refractivity contribution in [3.8, 4) is 0 Å². The number of aliphatic hydroxyl groups is 7. The molecule has 0 aromatic rings. The zero-order chi connectivity index (χ0) is 80.6. The highest BCUT2D eigenvalue weighted by Gasteiger charge is 2.57. The van der Waals surface area contributed by atoms with E-state index >= 15 is 0 Å². The topological polar surface area (TPSA) is 914 Å². The number of guanidine groups is 6. The number of amides is 6. The summed E-state index contributed by atoms with van der Waals surface area (Å²) in [5, 5.41) is 99.5. The maximum absolute atomic E-state index is 14.5. The Kier molecular flexibility index (Phi) is 39.4. The van der Waals surface area contributed by atoms with Crippen LogP contribution >= 0.6 is 0 Å². The van der Waals surface area contributed by atoms with E-state index in [-0.39, 0.29) is 152 Å². The number of nitrogens with two attached hydrogens (primary N) is 18.